The van der Waals surface area contributed by atoms with Gasteiger partial charge < -0.3 is 22.0 Å². The summed E-state index contributed by atoms with van der Waals surface area (Å²) in [4.78, 5) is 2.25. The maximum absolute atomic E-state index is 6.09. The Morgan fingerprint density at radius 3 is 2.29 bits per heavy atom. The van der Waals surface area contributed by atoms with Crippen molar-refractivity contribution in [3.8, 4) is 5.75 Å². The van der Waals surface area contributed by atoms with Gasteiger partial charge >= 0.3 is 1.43 Å². The van der Waals surface area contributed by atoms with Crippen LogP contribution < -0.4 is 17.1 Å². The molecule has 0 aliphatic rings. The van der Waals surface area contributed by atoms with Crippen LogP contribution in [0.2, 0.25) is 0 Å². The van der Waals surface area contributed by atoms with Crippen molar-refractivity contribution in [2.24, 2.45) is 0 Å². The van der Waals surface area contributed by atoms with Crippen LogP contribution >= 0.6 is 0 Å². The van der Waals surface area contributed by atoms with Gasteiger partial charge in [-0.1, -0.05) is 66.7 Å². The van der Waals surface area contributed by atoms with Crippen LogP contribution in [0.3, 0.4) is 0 Å². The average molecular weight is 342 g/mol. The van der Waals surface area contributed by atoms with E-state index in [1.54, 1.807) is 0 Å². The van der Waals surface area contributed by atoms with Gasteiger partial charge in [0.05, 0.1) is 6.61 Å². The van der Waals surface area contributed by atoms with Gasteiger partial charge in [0.15, 0.2) is 0 Å². The molecule has 3 aromatic rings. The fraction of sp³-hybridized carbons (Fsp3) is 0.238. The van der Waals surface area contributed by atoms with Gasteiger partial charge in [-0.05, 0) is 31.1 Å². The molecule has 1 atom stereocenters. The summed E-state index contributed by atoms with van der Waals surface area (Å²) in [6.45, 7) is 0.700. The van der Waals surface area contributed by atoms with Crippen LogP contribution in [0.4, 0.5) is 0 Å². The SMILES string of the molecule is CN(C)C(CCOc1cccc2ccccc12)c1ccccc1.[Cl-].[H+]. The molecular weight excluding hydrogens is 318 g/mol. The maximum atomic E-state index is 6.09. The van der Waals surface area contributed by atoms with Crippen molar-refractivity contribution in [2.75, 3.05) is 20.7 Å². The summed E-state index contributed by atoms with van der Waals surface area (Å²) in [5, 5.41) is 2.40. The topological polar surface area (TPSA) is 12.5 Å². The lowest BCUT2D eigenvalue weighted by Gasteiger charge is -2.25. The van der Waals surface area contributed by atoms with E-state index in [1.807, 2.05) is 0 Å². The minimum absolute atomic E-state index is 0. The number of halogens is 1. The predicted molar refractivity (Wildman–Crippen MR) is 98.0 cm³/mol. The second-order valence-electron chi connectivity index (χ2n) is 6.00. The normalized spacial score (nSPS) is 12.0. The average Bonchev–Trinajstić information content (AvgIpc) is 2.59. The lowest BCUT2D eigenvalue weighted by atomic mass is 10.0. The molecule has 0 heterocycles. The van der Waals surface area contributed by atoms with Crippen molar-refractivity contribution >= 4 is 10.8 Å². The van der Waals surface area contributed by atoms with Crippen molar-refractivity contribution in [3.05, 3.63) is 78.4 Å². The molecule has 0 aliphatic carbocycles. The van der Waals surface area contributed by atoms with E-state index in [0.29, 0.717) is 12.6 Å². The number of fused-ring (bicyclic) bond motifs is 1. The number of ether oxygens (including phenoxy) is 1. The Bertz CT molecular complexity index is 759. The number of benzene rings is 3. The van der Waals surface area contributed by atoms with E-state index < -0.39 is 0 Å². The molecule has 0 N–H and O–H groups in total. The Balaban J connectivity index is 0.00000156. The minimum Gasteiger partial charge on any atom is -1.00 e. The van der Waals surface area contributed by atoms with Crippen molar-refractivity contribution in [1.29, 1.82) is 0 Å². The van der Waals surface area contributed by atoms with Gasteiger partial charge in [0.1, 0.15) is 5.75 Å². The highest BCUT2D eigenvalue weighted by molar-refractivity contribution is 5.88. The van der Waals surface area contributed by atoms with E-state index in [4.69, 9.17) is 4.74 Å². The van der Waals surface area contributed by atoms with Gasteiger partial charge in [0.2, 0.25) is 0 Å². The van der Waals surface area contributed by atoms with E-state index in [9.17, 15) is 0 Å². The molecule has 2 nitrogen and oxygen atoms in total. The molecule has 3 heteroatoms. The highest BCUT2D eigenvalue weighted by atomic mass is 35.5. The van der Waals surface area contributed by atoms with Crippen molar-refractivity contribution in [1.82, 2.24) is 4.90 Å². The summed E-state index contributed by atoms with van der Waals surface area (Å²) in [5.74, 6) is 0.966. The lowest BCUT2D eigenvalue weighted by Crippen LogP contribution is -3.00. The van der Waals surface area contributed by atoms with Gasteiger partial charge in [-0.25, -0.2) is 0 Å². The van der Waals surface area contributed by atoms with E-state index in [1.165, 1.54) is 16.3 Å². The van der Waals surface area contributed by atoms with Crippen molar-refractivity contribution in [3.63, 3.8) is 0 Å². The Morgan fingerprint density at radius 2 is 1.54 bits per heavy atom. The van der Waals surface area contributed by atoms with Crippen LogP contribution in [0.25, 0.3) is 10.8 Å². The monoisotopic (exact) mass is 341 g/mol. The first-order chi connectivity index (χ1) is 11.3. The van der Waals surface area contributed by atoms with Crippen LogP contribution in [-0.2, 0) is 0 Å². The van der Waals surface area contributed by atoms with Crippen LogP contribution in [-0.4, -0.2) is 25.6 Å². The molecule has 126 valence electrons. The molecule has 0 amide bonds. The van der Waals surface area contributed by atoms with Gasteiger partial charge in [-0.3, -0.25) is 0 Å². The van der Waals surface area contributed by atoms with Gasteiger partial charge in [-0.2, -0.15) is 0 Å². The molecule has 24 heavy (non-hydrogen) atoms. The molecule has 0 aliphatic heterocycles. The van der Waals surface area contributed by atoms with Crippen LogP contribution in [0, 0.1) is 0 Å². The third kappa shape index (κ3) is 4.28. The molecule has 0 fully saturated rings. The standard InChI is InChI=1S/C21H23NO.ClH/c1-22(2)20(18-10-4-3-5-11-18)15-16-23-21-14-8-12-17-9-6-7-13-19(17)21;/h3-14,20H,15-16H2,1-2H3;1H. The molecule has 0 aromatic heterocycles. The maximum Gasteiger partial charge on any atom is 1.00 e. The van der Waals surface area contributed by atoms with E-state index in [-0.39, 0.29) is 13.8 Å². The van der Waals surface area contributed by atoms with Crippen molar-refractivity contribution < 1.29 is 18.6 Å². The third-order valence-electron chi connectivity index (χ3n) is 4.21. The van der Waals surface area contributed by atoms with Crippen LogP contribution in [0.5, 0.6) is 5.75 Å². The molecule has 0 saturated carbocycles. The third-order valence-corrected chi connectivity index (χ3v) is 4.21. The number of hydrogen-bond donors (Lipinski definition) is 0. The Hall–Kier alpha value is -2.03. The first-order valence-electron chi connectivity index (χ1n) is 8.07. The predicted octanol–water partition coefficient (Wildman–Crippen LogP) is 2.03. The Morgan fingerprint density at radius 1 is 0.875 bits per heavy atom. The largest absolute Gasteiger partial charge is 1.00 e. The second kappa shape index (κ2) is 8.72. The number of hydrogen-bond acceptors (Lipinski definition) is 2. The summed E-state index contributed by atoms with van der Waals surface area (Å²) in [7, 11) is 4.24. The summed E-state index contributed by atoms with van der Waals surface area (Å²) < 4.78 is 6.09. The summed E-state index contributed by atoms with van der Waals surface area (Å²) >= 11 is 0. The van der Waals surface area contributed by atoms with Gasteiger partial charge in [0, 0.05) is 17.8 Å². The zero-order valence-electron chi connectivity index (χ0n) is 15.2. The second-order valence-corrected chi connectivity index (χ2v) is 6.00. The minimum atomic E-state index is 0. The number of rotatable bonds is 6. The lowest BCUT2D eigenvalue weighted by molar-refractivity contribution is -0.00000508. The zero-order chi connectivity index (χ0) is 16.1. The summed E-state index contributed by atoms with van der Waals surface area (Å²) in [6.07, 6.45) is 0.959. The Labute approximate surface area is 152 Å². The quantitative estimate of drug-likeness (QED) is 0.680. The summed E-state index contributed by atoms with van der Waals surface area (Å²) in [5.41, 5.74) is 1.33. The first-order valence-corrected chi connectivity index (χ1v) is 8.07. The molecular formula is C21H24ClNO. The van der Waals surface area contributed by atoms with E-state index >= 15 is 0 Å². The fourth-order valence-corrected chi connectivity index (χ4v) is 3.00. The van der Waals surface area contributed by atoms with E-state index in [2.05, 4.69) is 91.8 Å². The van der Waals surface area contributed by atoms with Crippen LogP contribution in [0.15, 0.2) is 72.8 Å². The molecule has 3 rings (SSSR count). The molecule has 0 saturated heterocycles. The molecule has 0 radical (unpaired) electrons. The summed E-state index contributed by atoms with van der Waals surface area (Å²) in [6, 6.07) is 25.6. The molecule has 1 unspecified atom stereocenters. The smallest absolute Gasteiger partial charge is 1.00 e. The van der Waals surface area contributed by atoms with Crippen LogP contribution in [0.1, 0.15) is 19.5 Å². The Kier molecular flexibility index (Phi) is 6.65. The van der Waals surface area contributed by atoms with Crippen molar-refractivity contribution in [2.45, 2.75) is 12.5 Å². The fourth-order valence-electron chi connectivity index (χ4n) is 3.00. The zero-order valence-corrected chi connectivity index (χ0v) is 14.9. The molecule has 0 bridgehead atoms. The molecule has 3 aromatic carbocycles. The highest BCUT2D eigenvalue weighted by Gasteiger charge is 2.14. The van der Waals surface area contributed by atoms with Gasteiger partial charge in [-0.15, -0.1) is 0 Å². The number of nitrogens with zero attached hydrogens (tertiary/aromatic N) is 1. The highest BCUT2D eigenvalue weighted by Crippen LogP contribution is 2.27. The van der Waals surface area contributed by atoms with Gasteiger partial charge in [0.25, 0.3) is 0 Å². The van der Waals surface area contributed by atoms with E-state index in [0.717, 1.165) is 12.2 Å². The first kappa shape index (κ1) is 18.3. The molecule has 0 spiro atoms.